The Morgan fingerprint density at radius 2 is 2.33 bits per heavy atom. The fourth-order valence-electron chi connectivity index (χ4n) is 0.954. The molecule has 0 aliphatic carbocycles. The Labute approximate surface area is 90.7 Å². The largest absolute Gasteiger partial charge is 0.477 e. The molecule has 2 N–H and O–H groups in total. The monoisotopic (exact) mass is 229 g/mol. The minimum atomic E-state index is -1.04. The van der Waals surface area contributed by atoms with Crippen LogP contribution in [0.5, 0.6) is 0 Å². The van der Waals surface area contributed by atoms with E-state index in [1.165, 1.54) is 0 Å². The SMILES string of the molecule is CCOCC(=O)Nc1ccsc1C(=O)O. The Morgan fingerprint density at radius 1 is 1.60 bits per heavy atom. The molecule has 0 fully saturated rings. The van der Waals surface area contributed by atoms with Crippen molar-refractivity contribution in [3.05, 3.63) is 16.3 Å². The summed E-state index contributed by atoms with van der Waals surface area (Å²) in [4.78, 5) is 22.1. The van der Waals surface area contributed by atoms with E-state index < -0.39 is 5.97 Å². The summed E-state index contributed by atoms with van der Waals surface area (Å²) in [6, 6.07) is 1.55. The van der Waals surface area contributed by atoms with E-state index in [4.69, 9.17) is 9.84 Å². The number of rotatable bonds is 5. The van der Waals surface area contributed by atoms with Gasteiger partial charge in [0.25, 0.3) is 0 Å². The fraction of sp³-hybridized carbons (Fsp3) is 0.333. The minimum Gasteiger partial charge on any atom is -0.477 e. The van der Waals surface area contributed by atoms with Gasteiger partial charge in [-0.2, -0.15) is 0 Å². The predicted molar refractivity (Wildman–Crippen MR) is 56.4 cm³/mol. The smallest absolute Gasteiger partial charge is 0.348 e. The molecule has 0 saturated heterocycles. The van der Waals surface area contributed by atoms with Gasteiger partial charge in [-0.05, 0) is 18.4 Å². The third kappa shape index (κ3) is 3.34. The lowest BCUT2D eigenvalue weighted by molar-refractivity contribution is -0.120. The quantitative estimate of drug-likeness (QED) is 0.800. The van der Waals surface area contributed by atoms with E-state index in [0.29, 0.717) is 12.3 Å². The second-order valence-corrected chi connectivity index (χ2v) is 3.57. The zero-order valence-corrected chi connectivity index (χ0v) is 8.97. The van der Waals surface area contributed by atoms with Gasteiger partial charge in [-0.3, -0.25) is 4.79 Å². The summed E-state index contributed by atoms with van der Waals surface area (Å²) < 4.78 is 4.89. The molecule has 0 aliphatic rings. The average molecular weight is 229 g/mol. The number of hydrogen-bond acceptors (Lipinski definition) is 4. The van der Waals surface area contributed by atoms with Crippen molar-refractivity contribution < 1.29 is 19.4 Å². The van der Waals surface area contributed by atoms with Gasteiger partial charge >= 0.3 is 5.97 Å². The lowest BCUT2D eigenvalue weighted by Crippen LogP contribution is -2.19. The summed E-state index contributed by atoms with van der Waals surface area (Å²) in [5.41, 5.74) is 0.317. The van der Waals surface area contributed by atoms with Gasteiger partial charge < -0.3 is 15.2 Å². The van der Waals surface area contributed by atoms with Crippen LogP contribution < -0.4 is 5.32 Å². The molecule has 15 heavy (non-hydrogen) atoms. The molecule has 0 spiro atoms. The highest BCUT2D eigenvalue weighted by Gasteiger charge is 2.13. The van der Waals surface area contributed by atoms with Gasteiger partial charge in [0.2, 0.25) is 5.91 Å². The van der Waals surface area contributed by atoms with Crippen molar-refractivity contribution in [2.24, 2.45) is 0 Å². The van der Waals surface area contributed by atoms with Crippen LogP contribution in [0.25, 0.3) is 0 Å². The van der Waals surface area contributed by atoms with Crippen molar-refractivity contribution in [2.75, 3.05) is 18.5 Å². The maximum Gasteiger partial charge on any atom is 0.348 e. The Hall–Kier alpha value is -1.40. The zero-order chi connectivity index (χ0) is 11.3. The van der Waals surface area contributed by atoms with Crippen LogP contribution in [0.15, 0.2) is 11.4 Å². The van der Waals surface area contributed by atoms with E-state index in [-0.39, 0.29) is 17.4 Å². The molecule has 1 aromatic heterocycles. The van der Waals surface area contributed by atoms with Gasteiger partial charge in [-0.1, -0.05) is 0 Å². The number of hydrogen-bond donors (Lipinski definition) is 2. The van der Waals surface area contributed by atoms with E-state index in [1.54, 1.807) is 18.4 Å². The van der Waals surface area contributed by atoms with Gasteiger partial charge in [-0.15, -0.1) is 11.3 Å². The first-order valence-corrected chi connectivity index (χ1v) is 5.21. The molecule has 1 aromatic rings. The molecule has 0 saturated carbocycles. The van der Waals surface area contributed by atoms with Crippen LogP contribution in [0.2, 0.25) is 0 Å². The molecule has 0 bridgehead atoms. The van der Waals surface area contributed by atoms with Crippen molar-refractivity contribution in [1.29, 1.82) is 0 Å². The standard InChI is InChI=1S/C9H11NO4S/c1-2-14-5-7(11)10-6-3-4-15-8(6)9(12)13/h3-4H,2,5H2,1H3,(H,10,11)(H,12,13). The van der Waals surface area contributed by atoms with Crippen LogP contribution in [-0.4, -0.2) is 30.2 Å². The topological polar surface area (TPSA) is 75.6 Å². The lowest BCUT2D eigenvalue weighted by atomic mass is 10.4. The number of carboxylic acid groups (broad SMARTS) is 1. The molecule has 1 heterocycles. The van der Waals surface area contributed by atoms with Crippen molar-refractivity contribution in [3.8, 4) is 0 Å². The first kappa shape index (κ1) is 11.7. The first-order chi connectivity index (χ1) is 7.15. The summed E-state index contributed by atoms with van der Waals surface area (Å²) in [5.74, 6) is -1.39. The van der Waals surface area contributed by atoms with Crippen molar-refractivity contribution in [1.82, 2.24) is 0 Å². The molecule has 1 rings (SSSR count). The summed E-state index contributed by atoms with van der Waals surface area (Å²) in [6.45, 7) is 2.16. The Kier molecular flexibility index (Phi) is 4.26. The van der Waals surface area contributed by atoms with Gasteiger partial charge in [0.15, 0.2) is 0 Å². The second-order valence-electron chi connectivity index (χ2n) is 2.65. The van der Waals surface area contributed by atoms with Crippen LogP contribution in [0, 0.1) is 0 Å². The van der Waals surface area contributed by atoms with Gasteiger partial charge in [0.1, 0.15) is 11.5 Å². The Balaban J connectivity index is 2.60. The van der Waals surface area contributed by atoms with Crippen molar-refractivity contribution in [2.45, 2.75) is 6.92 Å². The Bertz CT molecular complexity index is 361. The summed E-state index contributed by atoms with van der Waals surface area (Å²) in [5, 5.41) is 12.9. The van der Waals surface area contributed by atoms with Crippen LogP contribution in [-0.2, 0) is 9.53 Å². The molecular weight excluding hydrogens is 218 g/mol. The molecule has 0 aromatic carbocycles. The molecule has 0 aliphatic heterocycles. The van der Waals surface area contributed by atoms with E-state index in [2.05, 4.69) is 5.32 Å². The number of nitrogens with one attached hydrogen (secondary N) is 1. The molecule has 5 nitrogen and oxygen atoms in total. The number of thiophene rings is 1. The molecule has 82 valence electrons. The molecule has 0 atom stereocenters. The highest BCUT2D eigenvalue weighted by Crippen LogP contribution is 2.21. The molecule has 0 unspecified atom stereocenters. The maximum atomic E-state index is 11.2. The maximum absolute atomic E-state index is 11.2. The van der Waals surface area contributed by atoms with Crippen LogP contribution in [0.4, 0.5) is 5.69 Å². The Morgan fingerprint density at radius 3 is 2.93 bits per heavy atom. The number of amides is 1. The van der Waals surface area contributed by atoms with Crippen LogP contribution >= 0.6 is 11.3 Å². The van der Waals surface area contributed by atoms with Crippen LogP contribution in [0.3, 0.4) is 0 Å². The molecule has 0 radical (unpaired) electrons. The van der Waals surface area contributed by atoms with Crippen molar-refractivity contribution >= 4 is 28.9 Å². The summed E-state index contributed by atoms with van der Waals surface area (Å²) >= 11 is 1.07. The van der Waals surface area contributed by atoms with E-state index in [9.17, 15) is 9.59 Å². The second kappa shape index (κ2) is 5.47. The number of carbonyl (C=O) groups excluding carboxylic acids is 1. The van der Waals surface area contributed by atoms with Gasteiger partial charge in [0, 0.05) is 6.61 Å². The molecular formula is C9H11NO4S. The zero-order valence-electron chi connectivity index (χ0n) is 8.15. The molecule has 6 heteroatoms. The summed E-state index contributed by atoms with van der Waals surface area (Å²) in [7, 11) is 0. The third-order valence-electron chi connectivity index (χ3n) is 1.57. The van der Waals surface area contributed by atoms with E-state index in [0.717, 1.165) is 11.3 Å². The number of aromatic carboxylic acids is 1. The summed E-state index contributed by atoms with van der Waals surface area (Å²) in [6.07, 6.45) is 0. The van der Waals surface area contributed by atoms with Gasteiger partial charge in [-0.25, -0.2) is 4.79 Å². The predicted octanol–water partition coefficient (Wildman–Crippen LogP) is 1.42. The number of carbonyl (C=O) groups is 2. The third-order valence-corrected chi connectivity index (χ3v) is 2.47. The number of ether oxygens (including phenoxy) is 1. The van der Waals surface area contributed by atoms with Crippen molar-refractivity contribution in [3.63, 3.8) is 0 Å². The number of anilines is 1. The van der Waals surface area contributed by atoms with Gasteiger partial charge in [0.05, 0.1) is 5.69 Å². The fourth-order valence-corrected chi connectivity index (χ4v) is 1.64. The van der Waals surface area contributed by atoms with E-state index >= 15 is 0 Å². The lowest BCUT2D eigenvalue weighted by Gasteiger charge is -2.03. The average Bonchev–Trinajstić information content (AvgIpc) is 2.62. The normalized spacial score (nSPS) is 9.93. The number of carboxylic acids is 1. The highest BCUT2D eigenvalue weighted by molar-refractivity contribution is 7.12. The minimum absolute atomic E-state index is 0.0641. The molecule has 1 amide bonds. The first-order valence-electron chi connectivity index (χ1n) is 4.33. The van der Waals surface area contributed by atoms with E-state index in [1.807, 2.05) is 0 Å². The van der Waals surface area contributed by atoms with Crippen LogP contribution in [0.1, 0.15) is 16.6 Å². The highest BCUT2D eigenvalue weighted by atomic mass is 32.1.